The number of halogens is 1. The van der Waals surface area contributed by atoms with Gasteiger partial charge in [-0.2, -0.15) is 0 Å². The number of carbonyl (C=O) groups excluding carboxylic acids is 1. The van der Waals surface area contributed by atoms with Crippen molar-refractivity contribution >= 4 is 29.3 Å². The monoisotopic (exact) mass is 283 g/mol. The molecular weight excluding hydrogens is 269 g/mol. The molecule has 19 heavy (non-hydrogen) atoms. The van der Waals surface area contributed by atoms with Crippen molar-refractivity contribution in [3.05, 3.63) is 24.0 Å². The minimum absolute atomic E-state index is 0.0432. The van der Waals surface area contributed by atoms with Crippen molar-refractivity contribution < 1.29 is 19.1 Å². The number of benzene rings is 1. The lowest BCUT2D eigenvalue weighted by molar-refractivity contribution is -0.137. The first-order valence-corrected chi connectivity index (χ1v) is 7.01. The molecule has 0 saturated heterocycles. The molecule has 1 aromatic carbocycles. The number of amides is 1. The Morgan fingerprint density at radius 1 is 1.37 bits per heavy atom. The van der Waals surface area contributed by atoms with Gasteiger partial charge in [-0.05, 0) is 18.6 Å². The van der Waals surface area contributed by atoms with Gasteiger partial charge in [0.2, 0.25) is 5.91 Å². The fraction of sp³-hybridized carbons (Fsp3) is 0.385. The van der Waals surface area contributed by atoms with Crippen LogP contribution in [0.1, 0.15) is 19.3 Å². The summed E-state index contributed by atoms with van der Waals surface area (Å²) in [6, 6.07) is 4.75. The second-order valence-electron chi connectivity index (χ2n) is 4.23. The van der Waals surface area contributed by atoms with Crippen LogP contribution in [0.5, 0.6) is 0 Å². The molecule has 0 radical (unpaired) electrons. The number of hydrogen-bond donors (Lipinski definition) is 1. The summed E-state index contributed by atoms with van der Waals surface area (Å²) in [7, 11) is 0. The molecule has 1 aromatic rings. The fourth-order valence-corrected chi connectivity index (χ4v) is 3.02. The van der Waals surface area contributed by atoms with Gasteiger partial charge in [0.15, 0.2) is 0 Å². The molecule has 6 heteroatoms. The zero-order chi connectivity index (χ0) is 13.8. The summed E-state index contributed by atoms with van der Waals surface area (Å²) >= 11 is 1.52. The molecule has 0 aliphatic carbocycles. The van der Waals surface area contributed by atoms with Crippen molar-refractivity contribution in [3.63, 3.8) is 0 Å². The molecule has 0 bridgehead atoms. The standard InChI is InChI=1S/C13H14FNO3S/c14-9-3-1-4-10-13(9)15(7-8-19-10)11(16)5-2-6-12(17)18/h1,3-4H,2,5-8H2,(H,17,18). The van der Waals surface area contributed by atoms with E-state index in [4.69, 9.17) is 5.11 Å². The zero-order valence-electron chi connectivity index (χ0n) is 10.3. The number of anilines is 1. The van der Waals surface area contributed by atoms with Crippen LogP contribution in [0.2, 0.25) is 0 Å². The van der Waals surface area contributed by atoms with E-state index in [1.54, 1.807) is 12.1 Å². The Morgan fingerprint density at radius 3 is 2.89 bits per heavy atom. The van der Waals surface area contributed by atoms with Crippen molar-refractivity contribution in [2.75, 3.05) is 17.2 Å². The van der Waals surface area contributed by atoms with E-state index in [1.165, 1.54) is 22.7 Å². The summed E-state index contributed by atoms with van der Waals surface area (Å²) in [5.41, 5.74) is 0.332. The predicted molar refractivity (Wildman–Crippen MR) is 71.0 cm³/mol. The molecule has 0 fully saturated rings. The Morgan fingerprint density at radius 2 is 2.16 bits per heavy atom. The maximum absolute atomic E-state index is 13.8. The van der Waals surface area contributed by atoms with Crippen LogP contribution in [0.25, 0.3) is 0 Å². The highest BCUT2D eigenvalue weighted by Gasteiger charge is 2.25. The smallest absolute Gasteiger partial charge is 0.303 e. The Labute approximate surface area is 114 Å². The maximum atomic E-state index is 13.8. The average molecular weight is 283 g/mol. The number of para-hydroxylation sites is 1. The number of rotatable bonds is 4. The topological polar surface area (TPSA) is 57.6 Å². The highest BCUT2D eigenvalue weighted by atomic mass is 32.2. The van der Waals surface area contributed by atoms with Crippen molar-refractivity contribution in [2.45, 2.75) is 24.2 Å². The summed E-state index contributed by atoms with van der Waals surface area (Å²) in [5, 5.41) is 8.55. The van der Waals surface area contributed by atoms with Crippen LogP contribution in [0, 0.1) is 5.82 Å². The van der Waals surface area contributed by atoms with Gasteiger partial charge >= 0.3 is 5.97 Å². The first-order chi connectivity index (χ1) is 9.09. The van der Waals surface area contributed by atoms with Crippen LogP contribution in [0.3, 0.4) is 0 Å². The SMILES string of the molecule is O=C(O)CCCC(=O)N1CCSc2cccc(F)c21. The molecule has 102 valence electrons. The number of aliphatic carboxylic acids is 1. The third-order valence-corrected chi connectivity index (χ3v) is 3.90. The van der Waals surface area contributed by atoms with Gasteiger partial charge in [0.1, 0.15) is 5.82 Å². The average Bonchev–Trinajstić information content (AvgIpc) is 2.38. The van der Waals surface area contributed by atoms with Crippen LogP contribution >= 0.6 is 11.8 Å². The van der Waals surface area contributed by atoms with Crippen molar-refractivity contribution in [3.8, 4) is 0 Å². The summed E-state index contributed by atoms with van der Waals surface area (Å²) in [5.74, 6) is -0.820. The van der Waals surface area contributed by atoms with E-state index in [0.29, 0.717) is 12.2 Å². The summed E-state index contributed by atoms with van der Waals surface area (Å²) in [6.45, 7) is 0.463. The van der Waals surface area contributed by atoms with Crippen LogP contribution in [0.15, 0.2) is 23.1 Å². The van der Waals surface area contributed by atoms with E-state index in [2.05, 4.69) is 0 Å². The van der Waals surface area contributed by atoms with E-state index >= 15 is 0 Å². The van der Waals surface area contributed by atoms with Crippen LogP contribution in [-0.4, -0.2) is 29.3 Å². The van der Waals surface area contributed by atoms with Gasteiger partial charge in [-0.1, -0.05) is 6.07 Å². The molecule has 1 aliphatic heterocycles. The van der Waals surface area contributed by atoms with Gasteiger partial charge in [0.25, 0.3) is 0 Å². The third kappa shape index (κ3) is 3.26. The van der Waals surface area contributed by atoms with Crippen molar-refractivity contribution in [1.29, 1.82) is 0 Å². The molecule has 1 heterocycles. The molecule has 1 N–H and O–H groups in total. The van der Waals surface area contributed by atoms with Crippen molar-refractivity contribution in [2.24, 2.45) is 0 Å². The molecule has 0 spiro atoms. The Balaban J connectivity index is 2.10. The molecule has 0 atom stereocenters. The second kappa shape index (κ2) is 6.06. The molecule has 1 aliphatic rings. The van der Waals surface area contributed by atoms with Crippen LogP contribution in [-0.2, 0) is 9.59 Å². The Kier molecular flexibility index (Phi) is 4.42. The quantitative estimate of drug-likeness (QED) is 0.922. The lowest BCUT2D eigenvalue weighted by atomic mass is 10.2. The summed E-state index contributed by atoms with van der Waals surface area (Å²) in [4.78, 5) is 24.7. The Hall–Kier alpha value is -1.56. The number of carboxylic acids is 1. The number of hydrogen-bond acceptors (Lipinski definition) is 3. The molecular formula is C13H14FNO3S. The van der Waals surface area contributed by atoms with Crippen molar-refractivity contribution in [1.82, 2.24) is 0 Å². The lowest BCUT2D eigenvalue weighted by Gasteiger charge is -2.29. The first-order valence-electron chi connectivity index (χ1n) is 6.03. The van der Waals surface area contributed by atoms with Gasteiger partial charge < -0.3 is 10.0 Å². The van der Waals surface area contributed by atoms with E-state index in [-0.39, 0.29) is 25.2 Å². The predicted octanol–water partition coefficient (Wildman–Crippen LogP) is 2.52. The van der Waals surface area contributed by atoms with Gasteiger partial charge in [-0.25, -0.2) is 4.39 Å². The molecule has 0 aromatic heterocycles. The minimum Gasteiger partial charge on any atom is -0.481 e. The van der Waals surface area contributed by atoms with E-state index in [9.17, 15) is 14.0 Å². The summed E-state index contributed by atoms with van der Waals surface area (Å²) in [6.07, 6.45) is 0.366. The Bertz CT molecular complexity index is 507. The minimum atomic E-state index is -0.923. The molecule has 4 nitrogen and oxygen atoms in total. The number of carboxylic acid groups (broad SMARTS) is 1. The largest absolute Gasteiger partial charge is 0.481 e. The zero-order valence-corrected chi connectivity index (χ0v) is 11.1. The van der Waals surface area contributed by atoms with Gasteiger partial charge in [0.05, 0.1) is 5.69 Å². The number of fused-ring (bicyclic) bond motifs is 1. The van der Waals surface area contributed by atoms with Crippen LogP contribution < -0.4 is 4.90 Å². The normalized spacial score (nSPS) is 14.1. The molecule has 0 unspecified atom stereocenters. The molecule has 0 saturated carbocycles. The lowest BCUT2D eigenvalue weighted by Crippen LogP contribution is -2.36. The van der Waals surface area contributed by atoms with E-state index in [0.717, 1.165) is 10.6 Å². The number of carbonyl (C=O) groups is 2. The first kappa shape index (κ1) is 13.9. The molecule has 2 rings (SSSR count). The number of thioether (sulfide) groups is 1. The highest BCUT2D eigenvalue weighted by molar-refractivity contribution is 7.99. The third-order valence-electron chi connectivity index (χ3n) is 2.87. The highest BCUT2D eigenvalue weighted by Crippen LogP contribution is 2.36. The van der Waals surface area contributed by atoms with Gasteiger partial charge in [-0.3, -0.25) is 9.59 Å². The molecule has 1 amide bonds. The number of nitrogens with zero attached hydrogens (tertiary/aromatic N) is 1. The van der Waals surface area contributed by atoms with Crippen LogP contribution in [0.4, 0.5) is 10.1 Å². The van der Waals surface area contributed by atoms with Gasteiger partial charge in [0, 0.05) is 30.0 Å². The van der Waals surface area contributed by atoms with Gasteiger partial charge in [-0.15, -0.1) is 11.8 Å². The second-order valence-corrected chi connectivity index (χ2v) is 5.36. The van der Waals surface area contributed by atoms with E-state index in [1.807, 2.05) is 0 Å². The fourth-order valence-electron chi connectivity index (χ4n) is 2.01. The summed E-state index contributed by atoms with van der Waals surface area (Å²) < 4.78 is 13.8. The van der Waals surface area contributed by atoms with E-state index < -0.39 is 11.8 Å². The maximum Gasteiger partial charge on any atom is 0.303 e.